The highest BCUT2D eigenvalue weighted by Gasteiger charge is 2.55. The van der Waals surface area contributed by atoms with Crippen LogP contribution in [0.25, 0.3) is 0 Å². The zero-order chi connectivity index (χ0) is 30.8. The molecule has 0 spiro atoms. The van der Waals surface area contributed by atoms with E-state index in [1.807, 2.05) is 4.90 Å². The normalized spacial score (nSPS) is 30.5. The second-order valence-corrected chi connectivity index (χ2v) is 11.4. The minimum Gasteiger partial charge on any atom is -0.507 e. The average Bonchev–Trinajstić information content (AvgIpc) is 2.94. The lowest BCUT2D eigenvalue weighted by Crippen LogP contribution is -2.54. The van der Waals surface area contributed by atoms with Gasteiger partial charge in [0.1, 0.15) is 23.2 Å². The number of aliphatic hydroxyl groups is 2. The summed E-state index contributed by atoms with van der Waals surface area (Å²) < 4.78 is 17.2. The van der Waals surface area contributed by atoms with E-state index in [1.165, 1.54) is 18.2 Å². The number of hydrogen-bond donors (Lipinski definition) is 5. The minimum atomic E-state index is -1.86. The molecule has 1 saturated heterocycles. The SMILES string of the molecule is CC[C@@]1(O)C[C@H](OC2CC(N(C)C)C(O)C(C)O2)c2c(O)c3c(c(O)c2[C@H]1C(=O)OC)C(=O)c1cccc(O)c1C3=O. The Bertz CT molecular complexity index is 1470. The van der Waals surface area contributed by atoms with E-state index < -0.39 is 82.0 Å². The third kappa shape index (κ3) is 4.36. The summed E-state index contributed by atoms with van der Waals surface area (Å²) >= 11 is 0. The van der Waals surface area contributed by atoms with E-state index in [0.717, 1.165) is 7.11 Å². The quantitative estimate of drug-likeness (QED) is 0.217. The molecule has 2 aromatic carbocycles. The van der Waals surface area contributed by atoms with Crippen molar-refractivity contribution in [2.75, 3.05) is 21.2 Å². The number of ketones is 2. The van der Waals surface area contributed by atoms with E-state index in [0.29, 0.717) is 0 Å². The van der Waals surface area contributed by atoms with Crippen molar-refractivity contribution in [3.8, 4) is 17.2 Å². The van der Waals surface area contributed by atoms with Crippen LogP contribution in [0, 0.1) is 0 Å². The molecule has 5 N–H and O–H groups in total. The second kappa shape index (κ2) is 10.6. The molecule has 0 amide bonds. The van der Waals surface area contributed by atoms with Gasteiger partial charge in [0.05, 0.1) is 47.7 Å². The van der Waals surface area contributed by atoms with Crippen molar-refractivity contribution in [3.63, 3.8) is 0 Å². The Morgan fingerprint density at radius 2 is 1.71 bits per heavy atom. The lowest BCUT2D eigenvalue weighted by atomic mass is 9.66. The molecule has 42 heavy (non-hydrogen) atoms. The molecule has 0 bridgehead atoms. The molecule has 12 nitrogen and oxygen atoms in total. The lowest BCUT2D eigenvalue weighted by Gasteiger charge is -2.46. The fourth-order valence-corrected chi connectivity index (χ4v) is 6.59. The molecule has 1 aliphatic heterocycles. The minimum absolute atomic E-state index is 0.00605. The number of phenols is 3. The first-order valence-electron chi connectivity index (χ1n) is 13.8. The molecular weight excluding hydrogens is 550 g/mol. The van der Waals surface area contributed by atoms with Gasteiger partial charge in [-0.25, -0.2) is 0 Å². The number of aliphatic hydroxyl groups excluding tert-OH is 1. The summed E-state index contributed by atoms with van der Waals surface area (Å²) in [6.45, 7) is 3.30. The van der Waals surface area contributed by atoms with E-state index in [9.17, 15) is 39.9 Å². The molecule has 1 fully saturated rings. The number of rotatable bonds is 5. The number of benzene rings is 2. The molecule has 3 aliphatic rings. The maximum absolute atomic E-state index is 13.7. The summed E-state index contributed by atoms with van der Waals surface area (Å²) in [7, 11) is 4.69. The number of phenolic OH excluding ortho intramolecular Hbond substituents is 3. The van der Waals surface area contributed by atoms with Gasteiger partial charge >= 0.3 is 5.97 Å². The van der Waals surface area contributed by atoms with Crippen LogP contribution in [0.2, 0.25) is 0 Å². The molecule has 0 saturated carbocycles. The maximum atomic E-state index is 13.7. The van der Waals surface area contributed by atoms with Crippen LogP contribution in [-0.4, -0.2) is 99.3 Å². The van der Waals surface area contributed by atoms with Crippen LogP contribution in [0.1, 0.15) is 88.1 Å². The zero-order valence-corrected chi connectivity index (χ0v) is 24.0. The number of methoxy groups -OCH3 is 1. The summed E-state index contributed by atoms with van der Waals surface area (Å²) in [4.78, 5) is 42.3. The topological polar surface area (TPSA) is 183 Å². The number of carbonyl (C=O) groups is 3. The molecular formula is C30H35NO11. The van der Waals surface area contributed by atoms with E-state index in [1.54, 1.807) is 27.9 Å². The van der Waals surface area contributed by atoms with E-state index in [4.69, 9.17) is 14.2 Å². The standard InChI is InChI=1S/C30H35NO11/c1-6-30(39)11-16(42-17-10-14(31(3)4)24(33)12(2)41-17)19-20(23(30)29(38)40-5)28(37)21-22(27(19)36)26(35)18-13(25(21)34)8-7-9-15(18)32/h7-9,12,14,16-17,23-24,32-33,36-37,39H,6,10-11H2,1-5H3/t12?,14?,16-,17?,23-,24?,30+/m0/s1. The van der Waals surface area contributed by atoms with E-state index in [-0.39, 0.29) is 47.6 Å². The Morgan fingerprint density at radius 1 is 1.07 bits per heavy atom. The van der Waals surface area contributed by atoms with Gasteiger partial charge < -0.3 is 44.6 Å². The molecule has 226 valence electrons. The lowest BCUT2D eigenvalue weighted by molar-refractivity contribution is -0.258. The fraction of sp³-hybridized carbons (Fsp3) is 0.500. The van der Waals surface area contributed by atoms with Crippen molar-refractivity contribution in [2.24, 2.45) is 0 Å². The second-order valence-electron chi connectivity index (χ2n) is 11.4. The summed E-state index contributed by atoms with van der Waals surface area (Å²) in [6, 6.07) is 3.53. The van der Waals surface area contributed by atoms with Crippen LogP contribution >= 0.6 is 0 Å². The molecule has 2 aromatic rings. The van der Waals surface area contributed by atoms with Crippen molar-refractivity contribution in [1.82, 2.24) is 4.90 Å². The number of esters is 1. The number of hydrogen-bond acceptors (Lipinski definition) is 12. The van der Waals surface area contributed by atoms with Crippen molar-refractivity contribution >= 4 is 17.5 Å². The maximum Gasteiger partial charge on any atom is 0.316 e. The highest BCUT2D eigenvalue weighted by atomic mass is 16.7. The van der Waals surface area contributed by atoms with Gasteiger partial charge in [-0.3, -0.25) is 14.4 Å². The van der Waals surface area contributed by atoms with Crippen molar-refractivity contribution in [3.05, 3.63) is 51.6 Å². The monoisotopic (exact) mass is 585 g/mol. The number of nitrogens with zero attached hydrogens (tertiary/aromatic N) is 1. The number of ether oxygens (including phenoxy) is 3. The van der Waals surface area contributed by atoms with Gasteiger partial charge in [-0.15, -0.1) is 0 Å². The zero-order valence-electron chi connectivity index (χ0n) is 24.0. The Hall–Kier alpha value is -3.55. The Balaban J connectivity index is 1.73. The van der Waals surface area contributed by atoms with E-state index >= 15 is 0 Å². The van der Waals surface area contributed by atoms with Crippen molar-refractivity contribution < 1.29 is 54.1 Å². The number of aromatic hydroxyl groups is 3. The molecule has 1 heterocycles. The molecule has 5 rings (SSSR count). The average molecular weight is 586 g/mol. The summed E-state index contributed by atoms with van der Waals surface area (Å²) in [6.07, 6.45) is -3.73. The largest absolute Gasteiger partial charge is 0.507 e. The smallest absolute Gasteiger partial charge is 0.316 e. The van der Waals surface area contributed by atoms with Gasteiger partial charge in [0.2, 0.25) is 5.78 Å². The number of likely N-dealkylation sites (N-methyl/N-ethyl adjacent to an activating group) is 1. The predicted octanol–water partition coefficient (Wildman–Crippen LogP) is 1.86. The molecule has 0 radical (unpaired) electrons. The van der Waals surface area contributed by atoms with E-state index in [2.05, 4.69) is 0 Å². The molecule has 0 aromatic heterocycles. The van der Waals surface area contributed by atoms with Gasteiger partial charge in [-0.2, -0.15) is 0 Å². The molecule has 4 unspecified atom stereocenters. The van der Waals surface area contributed by atoms with Gasteiger partial charge in [0, 0.05) is 35.6 Å². The van der Waals surface area contributed by atoms with Crippen molar-refractivity contribution in [1.29, 1.82) is 0 Å². The first kappa shape index (κ1) is 29.9. The van der Waals surface area contributed by atoms with Gasteiger partial charge in [-0.1, -0.05) is 19.1 Å². The molecule has 2 aliphatic carbocycles. The van der Waals surface area contributed by atoms with Crippen molar-refractivity contribution in [2.45, 2.75) is 75.3 Å². The van der Waals surface area contributed by atoms with Crippen LogP contribution < -0.4 is 0 Å². The predicted molar refractivity (Wildman–Crippen MR) is 146 cm³/mol. The van der Waals surface area contributed by atoms with Crippen LogP contribution in [0.3, 0.4) is 0 Å². The number of carbonyl (C=O) groups excluding carboxylic acids is 3. The fourth-order valence-electron chi connectivity index (χ4n) is 6.59. The van der Waals surface area contributed by atoms with Gasteiger partial charge in [0.15, 0.2) is 12.1 Å². The van der Waals surface area contributed by atoms with Crippen LogP contribution in [0.5, 0.6) is 17.2 Å². The Morgan fingerprint density at radius 3 is 2.33 bits per heavy atom. The highest BCUT2D eigenvalue weighted by molar-refractivity contribution is 6.31. The number of fused-ring (bicyclic) bond motifs is 3. The third-order valence-electron chi connectivity index (χ3n) is 8.88. The third-order valence-corrected chi connectivity index (χ3v) is 8.88. The highest BCUT2D eigenvalue weighted by Crippen LogP contribution is 2.57. The van der Waals surface area contributed by atoms with Crippen LogP contribution in [0.15, 0.2) is 18.2 Å². The van der Waals surface area contributed by atoms with Crippen LogP contribution in [-0.2, 0) is 19.0 Å². The molecule has 7 atom stereocenters. The summed E-state index contributed by atoms with van der Waals surface area (Å²) in [5, 5.41) is 56.2. The van der Waals surface area contributed by atoms with Gasteiger partial charge in [0.25, 0.3) is 0 Å². The Kier molecular flexibility index (Phi) is 7.57. The first-order chi connectivity index (χ1) is 19.8. The molecule has 12 heteroatoms. The summed E-state index contributed by atoms with van der Waals surface area (Å²) in [5.74, 6) is -6.22. The first-order valence-corrected chi connectivity index (χ1v) is 13.8. The van der Waals surface area contributed by atoms with Gasteiger partial charge in [-0.05, 0) is 33.5 Å². The van der Waals surface area contributed by atoms with Crippen LogP contribution in [0.4, 0.5) is 0 Å². The summed E-state index contributed by atoms with van der Waals surface area (Å²) in [5.41, 5.74) is -3.96. The Labute approximate surface area is 242 Å².